The number of pyridine rings is 1. The van der Waals surface area contributed by atoms with E-state index in [2.05, 4.69) is 10.3 Å². The molecule has 0 aliphatic rings. The number of nitrogens with zero attached hydrogens (tertiary/aromatic N) is 1. The molecule has 3 aromatic rings. The van der Waals surface area contributed by atoms with Crippen LogP contribution in [0.4, 0.5) is 10.1 Å². The third-order valence-corrected chi connectivity index (χ3v) is 3.25. The minimum Gasteiger partial charge on any atom is -0.492 e. The number of carbonyl (C=O) groups excluding carboxylic acids is 1. The lowest BCUT2D eigenvalue weighted by Gasteiger charge is -2.07. The highest BCUT2D eigenvalue weighted by molar-refractivity contribution is 6.06. The van der Waals surface area contributed by atoms with E-state index < -0.39 is 5.95 Å². The number of rotatable bonds is 3. The number of carbonyl (C=O) groups is 1. The maximum absolute atomic E-state index is 13.6. The molecule has 3 rings (SSSR count). The molecule has 1 aromatic heterocycles. The summed E-state index contributed by atoms with van der Waals surface area (Å²) >= 11 is 0. The number of ether oxygens (including phenoxy) is 1. The number of fused-ring (bicyclic) bond motifs is 1. The average Bonchev–Trinajstić information content (AvgIpc) is 2.54. The van der Waals surface area contributed by atoms with Gasteiger partial charge in [0.05, 0.1) is 12.6 Å². The number of hydrogen-bond acceptors (Lipinski definition) is 3. The van der Waals surface area contributed by atoms with Crippen LogP contribution in [0, 0.1) is 5.95 Å². The molecule has 0 bridgehead atoms. The predicted molar refractivity (Wildman–Crippen MR) is 82.6 cm³/mol. The lowest BCUT2D eigenvalue weighted by molar-refractivity contribution is 0.102. The molecule has 110 valence electrons. The first kappa shape index (κ1) is 14.0. The number of hydrogen-bond donors (Lipinski definition) is 1. The summed E-state index contributed by atoms with van der Waals surface area (Å²) in [4.78, 5) is 16.0. The zero-order valence-electron chi connectivity index (χ0n) is 11.8. The van der Waals surface area contributed by atoms with Crippen molar-refractivity contribution in [3.8, 4) is 5.75 Å². The van der Waals surface area contributed by atoms with Crippen LogP contribution in [0.1, 0.15) is 10.4 Å². The smallest absolute Gasteiger partial charge is 0.255 e. The molecular formula is C17H13FN2O2. The molecule has 0 aliphatic heterocycles. The van der Waals surface area contributed by atoms with Crippen molar-refractivity contribution in [3.63, 3.8) is 0 Å². The van der Waals surface area contributed by atoms with Crippen LogP contribution in [0.25, 0.3) is 10.9 Å². The van der Waals surface area contributed by atoms with Crippen LogP contribution in [0.15, 0.2) is 54.6 Å². The molecule has 5 heteroatoms. The minimum absolute atomic E-state index is 0.0492. The molecule has 4 nitrogen and oxygen atoms in total. The van der Waals surface area contributed by atoms with Gasteiger partial charge in [-0.2, -0.15) is 4.39 Å². The van der Waals surface area contributed by atoms with Crippen LogP contribution >= 0.6 is 0 Å². The molecule has 0 radical (unpaired) electrons. The lowest BCUT2D eigenvalue weighted by Crippen LogP contribution is -2.11. The first-order valence-electron chi connectivity index (χ1n) is 6.68. The number of anilines is 1. The Morgan fingerprint density at radius 3 is 2.64 bits per heavy atom. The molecule has 0 saturated heterocycles. The topological polar surface area (TPSA) is 51.2 Å². The van der Waals surface area contributed by atoms with Gasteiger partial charge in [0.15, 0.2) is 5.75 Å². The fourth-order valence-corrected chi connectivity index (χ4v) is 2.14. The number of para-hydroxylation sites is 1. The Morgan fingerprint density at radius 1 is 1.14 bits per heavy atom. The first-order chi connectivity index (χ1) is 10.7. The predicted octanol–water partition coefficient (Wildman–Crippen LogP) is 3.63. The monoisotopic (exact) mass is 296 g/mol. The number of aromatic nitrogens is 1. The summed E-state index contributed by atoms with van der Waals surface area (Å²) in [5.41, 5.74) is 1.64. The molecule has 0 unspecified atom stereocenters. The molecule has 1 heterocycles. The van der Waals surface area contributed by atoms with Crippen LogP contribution < -0.4 is 10.1 Å². The zero-order valence-corrected chi connectivity index (χ0v) is 11.8. The van der Waals surface area contributed by atoms with Gasteiger partial charge in [-0.3, -0.25) is 4.79 Å². The van der Waals surface area contributed by atoms with Crippen molar-refractivity contribution in [2.24, 2.45) is 0 Å². The summed E-state index contributed by atoms with van der Waals surface area (Å²) in [6.07, 6.45) is 0. The summed E-state index contributed by atoms with van der Waals surface area (Å²) in [5.74, 6) is -0.860. The highest BCUT2D eigenvalue weighted by Gasteiger charge is 2.10. The standard InChI is InChI=1S/C17H13FN2O2/c1-22-15-10-12-9-11(7-8-14(12)20-16(15)18)17(21)19-13-5-3-2-4-6-13/h2-10H,1H3,(H,19,21). The number of halogens is 1. The zero-order chi connectivity index (χ0) is 15.5. The van der Waals surface area contributed by atoms with Gasteiger partial charge < -0.3 is 10.1 Å². The van der Waals surface area contributed by atoms with Crippen molar-refractivity contribution in [3.05, 3.63) is 66.1 Å². The summed E-state index contributed by atoms with van der Waals surface area (Å²) in [7, 11) is 1.37. The molecule has 1 N–H and O–H groups in total. The van der Waals surface area contributed by atoms with Gasteiger partial charge in [0.1, 0.15) is 0 Å². The normalized spacial score (nSPS) is 10.5. The fourth-order valence-electron chi connectivity index (χ4n) is 2.14. The van der Waals surface area contributed by atoms with Crippen molar-refractivity contribution in [2.45, 2.75) is 0 Å². The van der Waals surface area contributed by atoms with Crippen molar-refractivity contribution in [1.29, 1.82) is 0 Å². The van der Waals surface area contributed by atoms with Gasteiger partial charge in [-0.15, -0.1) is 0 Å². The Balaban J connectivity index is 1.94. The largest absolute Gasteiger partial charge is 0.492 e. The van der Waals surface area contributed by atoms with E-state index in [1.54, 1.807) is 30.3 Å². The highest BCUT2D eigenvalue weighted by atomic mass is 19.1. The maximum atomic E-state index is 13.6. The van der Waals surface area contributed by atoms with E-state index in [0.717, 1.165) is 0 Å². The molecule has 0 aliphatic carbocycles. The molecule has 0 spiro atoms. The van der Waals surface area contributed by atoms with Crippen LogP contribution in [-0.2, 0) is 0 Å². The van der Waals surface area contributed by atoms with Gasteiger partial charge in [0.25, 0.3) is 11.9 Å². The Bertz CT molecular complexity index is 835. The second kappa shape index (κ2) is 5.81. The SMILES string of the molecule is COc1cc2cc(C(=O)Nc3ccccc3)ccc2nc1F. The first-order valence-corrected chi connectivity index (χ1v) is 6.68. The molecular weight excluding hydrogens is 283 g/mol. The van der Waals surface area contributed by atoms with E-state index in [-0.39, 0.29) is 11.7 Å². The quantitative estimate of drug-likeness (QED) is 0.751. The van der Waals surface area contributed by atoms with Crippen LogP contribution in [0.5, 0.6) is 5.75 Å². The van der Waals surface area contributed by atoms with E-state index in [4.69, 9.17) is 4.74 Å². The summed E-state index contributed by atoms with van der Waals surface area (Å²) < 4.78 is 18.5. The van der Waals surface area contributed by atoms with Crippen molar-refractivity contribution in [2.75, 3.05) is 12.4 Å². The molecule has 22 heavy (non-hydrogen) atoms. The van der Waals surface area contributed by atoms with Gasteiger partial charge in [0.2, 0.25) is 0 Å². The van der Waals surface area contributed by atoms with Gasteiger partial charge in [-0.25, -0.2) is 4.98 Å². The van der Waals surface area contributed by atoms with Gasteiger partial charge in [-0.05, 0) is 36.4 Å². The Morgan fingerprint density at radius 2 is 1.91 bits per heavy atom. The number of methoxy groups -OCH3 is 1. The Kier molecular flexibility index (Phi) is 3.70. The van der Waals surface area contributed by atoms with E-state index >= 15 is 0 Å². The van der Waals surface area contributed by atoms with Crippen molar-refractivity contribution >= 4 is 22.5 Å². The Hall–Kier alpha value is -2.95. The van der Waals surface area contributed by atoms with Crippen molar-refractivity contribution < 1.29 is 13.9 Å². The van der Waals surface area contributed by atoms with Crippen molar-refractivity contribution in [1.82, 2.24) is 4.98 Å². The van der Waals surface area contributed by atoms with E-state index in [1.165, 1.54) is 13.2 Å². The minimum atomic E-state index is -0.670. The van der Waals surface area contributed by atoms with Crippen LogP contribution in [0.3, 0.4) is 0 Å². The van der Waals surface area contributed by atoms with Crippen LogP contribution in [0.2, 0.25) is 0 Å². The van der Waals surface area contributed by atoms with Crippen LogP contribution in [-0.4, -0.2) is 18.0 Å². The summed E-state index contributed by atoms with van der Waals surface area (Å²) in [6, 6.07) is 15.6. The molecule has 0 fully saturated rings. The molecule has 0 atom stereocenters. The third kappa shape index (κ3) is 2.74. The molecule has 1 amide bonds. The lowest BCUT2D eigenvalue weighted by atomic mass is 10.1. The average molecular weight is 296 g/mol. The van der Waals surface area contributed by atoms with Gasteiger partial charge in [-0.1, -0.05) is 18.2 Å². The Labute approximate surface area is 126 Å². The summed E-state index contributed by atoms with van der Waals surface area (Å²) in [6.45, 7) is 0. The van der Waals surface area contributed by atoms with Gasteiger partial charge >= 0.3 is 0 Å². The van der Waals surface area contributed by atoms with Gasteiger partial charge in [0, 0.05) is 16.6 Å². The molecule has 2 aromatic carbocycles. The van der Waals surface area contributed by atoms with E-state index in [9.17, 15) is 9.18 Å². The number of benzene rings is 2. The third-order valence-electron chi connectivity index (χ3n) is 3.25. The second-order valence-electron chi connectivity index (χ2n) is 4.71. The molecule has 0 saturated carbocycles. The second-order valence-corrected chi connectivity index (χ2v) is 4.71. The maximum Gasteiger partial charge on any atom is 0.255 e. The highest BCUT2D eigenvalue weighted by Crippen LogP contribution is 2.23. The number of nitrogens with one attached hydrogen (secondary N) is 1. The van der Waals surface area contributed by atoms with E-state index in [0.29, 0.717) is 22.2 Å². The number of amides is 1. The fraction of sp³-hybridized carbons (Fsp3) is 0.0588. The summed E-state index contributed by atoms with van der Waals surface area (Å²) in [5, 5.41) is 3.44. The van der Waals surface area contributed by atoms with E-state index in [1.807, 2.05) is 18.2 Å².